The first kappa shape index (κ1) is 22.2. The average molecular weight is 467 g/mol. The number of aromatic nitrogens is 1. The summed E-state index contributed by atoms with van der Waals surface area (Å²) in [4.78, 5) is 27.8. The maximum atomic E-state index is 13.2. The summed E-state index contributed by atoms with van der Waals surface area (Å²) in [6.45, 7) is 8.57. The Bertz CT molecular complexity index is 1470. The quantitative estimate of drug-likeness (QED) is 0.301. The molecular weight excluding hydrogens is 440 g/mol. The average Bonchev–Trinajstić information content (AvgIpc) is 3.22. The largest absolute Gasteiger partial charge is 0.318 e. The van der Waals surface area contributed by atoms with E-state index in [1.54, 1.807) is 0 Å². The van der Waals surface area contributed by atoms with Crippen molar-refractivity contribution in [2.45, 2.75) is 34.2 Å². The zero-order chi connectivity index (χ0) is 24.0. The van der Waals surface area contributed by atoms with Crippen LogP contribution in [-0.4, -0.2) is 20.6 Å². The molecule has 34 heavy (non-hydrogen) atoms. The normalized spacial score (nSPS) is 15.2. The number of rotatable bonds is 4. The van der Waals surface area contributed by atoms with Crippen LogP contribution in [0.4, 0.5) is 4.79 Å². The molecule has 0 aliphatic carbocycles. The van der Waals surface area contributed by atoms with Crippen LogP contribution in [0.25, 0.3) is 22.5 Å². The van der Waals surface area contributed by atoms with Crippen LogP contribution in [0.5, 0.6) is 0 Å². The molecular formula is C29H26N2O2S. The molecule has 0 atom stereocenters. The summed E-state index contributed by atoms with van der Waals surface area (Å²) in [5, 5.41) is 1.93. The van der Waals surface area contributed by atoms with E-state index in [1.165, 1.54) is 16.0 Å². The fourth-order valence-corrected chi connectivity index (χ4v) is 5.62. The fraction of sp³-hybridized carbons (Fsp3) is 0.172. The summed E-state index contributed by atoms with van der Waals surface area (Å²) in [5.74, 6) is -0.237. The van der Waals surface area contributed by atoms with Crippen molar-refractivity contribution in [2.75, 3.05) is 0 Å². The lowest BCUT2D eigenvalue weighted by atomic mass is 10.0. The standard InChI is InChI=1S/C29H26N2O2S/c1-18-12-19(2)14-25(13-18)31-20(3)15-24(21(31)4)16-27-28(32)30(29(33)34-27)17-23-10-7-9-22-8-5-6-11-26(22)23/h5-16H,17H2,1-4H3/b27-16-. The Morgan fingerprint density at radius 1 is 0.853 bits per heavy atom. The smallest absolute Gasteiger partial charge is 0.293 e. The van der Waals surface area contributed by atoms with Gasteiger partial charge in [-0.2, -0.15) is 0 Å². The van der Waals surface area contributed by atoms with Crippen molar-refractivity contribution in [3.05, 3.63) is 105 Å². The molecule has 0 spiro atoms. The highest BCUT2D eigenvalue weighted by Crippen LogP contribution is 2.35. The van der Waals surface area contributed by atoms with Crippen LogP contribution in [0.15, 0.2) is 71.6 Å². The molecule has 0 radical (unpaired) electrons. The molecule has 5 rings (SSSR count). The van der Waals surface area contributed by atoms with E-state index < -0.39 is 0 Å². The second kappa shape index (κ2) is 8.65. The van der Waals surface area contributed by atoms with Gasteiger partial charge in [0, 0.05) is 17.1 Å². The number of benzene rings is 3. The van der Waals surface area contributed by atoms with E-state index in [4.69, 9.17) is 0 Å². The van der Waals surface area contributed by atoms with Crippen molar-refractivity contribution in [1.29, 1.82) is 0 Å². The van der Waals surface area contributed by atoms with E-state index in [9.17, 15) is 9.59 Å². The number of carbonyl (C=O) groups excluding carboxylic acids is 2. The van der Waals surface area contributed by atoms with Gasteiger partial charge in [-0.1, -0.05) is 48.5 Å². The molecule has 1 saturated heterocycles. The molecule has 170 valence electrons. The van der Waals surface area contributed by atoms with E-state index >= 15 is 0 Å². The minimum absolute atomic E-state index is 0.229. The molecule has 0 bridgehead atoms. The van der Waals surface area contributed by atoms with Gasteiger partial charge >= 0.3 is 0 Å². The summed E-state index contributed by atoms with van der Waals surface area (Å²) in [6, 6.07) is 22.6. The van der Waals surface area contributed by atoms with Gasteiger partial charge in [0.25, 0.3) is 11.1 Å². The van der Waals surface area contributed by atoms with Crippen LogP contribution >= 0.6 is 11.8 Å². The molecule has 1 fully saturated rings. The van der Waals surface area contributed by atoms with Crippen molar-refractivity contribution in [3.63, 3.8) is 0 Å². The molecule has 2 heterocycles. The Labute approximate surface area is 203 Å². The number of thioether (sulfide) groups is 1. The number of nitrogens with zero attached hydrogens (tertiary/aromatic N) is 2. The lowest BCUT2D eigenvalue weighted by molar-refractivity contribution is -0.123. The van der Waals surface area contributed by atoms with Crippen LogP contribution in [0.3, 0.4) is 0 Å². The van der Waals surface area contributed by atoms with E-state index in [0.29, 0.717) is 4.91 Å². The zero-order valence-electron chi connectivity index (χ0n) is 19.8. The van der Waals surface area contributed by atoms with Crippen LogP contribution in [0.2, 0.25) is 0 Å². The molecule has 0 unspecified atom stereocenters. The third-order valence-corrected chi connectivity index (χ3v) is 7.21. The van der Waals surface area contributed by atoms with E-state index in [1.807, 2.05) is 48.5 Å². The number of carbonyl (C=O) groups is 2. The Balaban J connectivity index is 1.46. The first-order chi connectivity index (χ1) is 16.3. The molecule has 4 nitrogen and oxygen atoms in total. The molecule has 0 N–H and O–H groups in total. The van der Waals surface area contributed by atoms with E-state index in [-0.39, 0.29) is 17.7 Å². The van der Waals surface area contributed by atoms with Crippen molar-refractivity contribution >= 4 is 39.8 Å². The highest BCUT2D eigenvalue weighted by atomic mass is 32.2. The summed E-state index contributed by atoms with van der Waals surface area (Å²) in [6.07, 6.45) is 1.86. The third kappa shape index (κ3) is 3.97. The topological polar surface area (TPSA) is 42.3 Å². The van der Waals surface area contributed by atoms with E-state index in [0.717, 1.165) is 50.7 Å². The fourth-order valence-electron chi connectivity index (χ4n) is 4.79. The number of fused-ring (bicyclic) bond motifs is 1. The van der Waals surface area contributed by atoms with Gasteiger partial charge in [0.15, 0.2) is 0 Å². The second-order valence-electron chi connectivity index (χ2n) is 8.91. The summed E-state index contributed by atoms with van der Waals surface area (Å²) >= 11 is 1.02. The van der Waals surface area contributed by atoms with Gasteiger partial charge < -0.3 is 4.57 Å². The van der Waals surface area contributed by atoms with Crippen molar-refractivity contribution in [3.8, 4) is 5.69 Å². The van der Waals surface area contributed by atoms with Gasteiger partial charge in [-0.05, 0) is 96.8 Å². The van der Waals surface area contributed by atoms with Gasteiger partial charge in [-0.3, -0.25) is 14.5 Å². The Kier molecular flexibility index (Phi) is 5.66. The van der Waals surface area contributed by atoms with Crippen molar-refractivity contribution in [2.24, 2.45) is 0 Å². The van der Waals surface area contributed by atoms with Gasteiger partial charge in [-0.25, -0.2) is 0 Å². The minimum Gasteiger partial charge on any atom is -0.318 e. The molecule has 2 amide bonds. The van der Waals surface area contributed by atoms with Crippen LogP contribution in [0.1, 0.15) is 33.6 Å². The number of aryl methyl sites for hydroxylation is 3. The Hall–Kier alpha value is -3.57. The van der Waals surface area contributed by atoms with E-state index in [2.05, 4.69) is 56.5 Å². The lowest BCUT2D eigenvalue weighted by Crippen LogP contribution is -2.27. The highest BCUT2D eigenvalue weighted by Gasteiger charge is 2.35. The number of hydrogen-bond acceptors (Lipinski definition) is 3. The monoisotopic (exact) mass is 466 g/mol. The Morgan fingerprint density at radius 2 is 1.56 bits per heavy atom. The first-order valence-electron chi connectivity index (χ1n) is 11.3. The zero-order valence-corrected chi connectivity index (χ0v) is 20.6. The number of imide groups is 1. The number of hydrogen-bond donors (Lipinski definition) is 0. The highest BCUT2D eigenvalue weighted by molar-refractivity contribution is 8.18. The SMILES string of the molecule is Cc1cc(C)cc(-n2c(C)cc(/C=C3\SC(=O)N(Cc4cccc5ccccc45)C3=O)c2C)c1. The Morgan fingerprint density at radius 3 is 2.32 bits per heavy atom. The predicted molar refractivity (Wildman–Crippen MR) is 140 cm³/mol. The molecule has 1 aliphatic rings. The summed E-state index contributed by atoms with van der Waals surface area (Å²) in [7, 11) is 0. The minimum atomic E-state index is -0.237. The van der Waals surface area contributed by atoms with Crippen LogP contribution < -0.4 is 0 Å². The van der Waals surface area contributed by atoms with Gasteiger partial charge in [0.1, 0.15) is 0 Å². The molecule has 1 aliphatic heterocycles. The van der Waals surface area contributed by atoms with Gasteiger partial charge in [0.2, 0.25) is 0 Å². The second-order valence-corrected chi connectivity index (χ2v) is 9.91. The first-order valence-corrected chi connectivity index (χ1v) is 12.1. The van der Waals surface area contributed by atoms with Gasteiger partial charge in [-0.15, -0.1) is 0 Å². The number of amides is 2. The third-order valence-electron chi connectivity index (χ3n) is 6.30. The molecule has 0 saturated carbocycles. The predicted octanol–water partition coefficient (Wildman–Crippen LogP) is 7.10. The molecule has 4 aromatic rings. The van der Waals surface area contributed by atoms with Crippen LogP contribution in [0, 0.1) is 27.7 Å². The molecule has 5 heteroatoms. The molecule has 3 aromatic carbocycles. The molecule has 1 aromatic heterocycles. The van der Waals surface area contributed by atoms with Crippen molar-refractivity contribution in [1.82, 2.24) is 9.47 Å². The maximum Gasteiger partial charge on any atom is 0.293 e. The van der Waals surface area contributed by atoms with Crippen LogP contribution in [-0.2, 0) is 11.3 Å². The summed E-state index contributed by atoms with van der Waals surface area (Å²) < 4.78 is 2.20. The lowest BCUT2D eigenvalue weighted by Gasteiger charge is -2.14. The summed E-state index contributed by atoms with van der Waals surface area (Å²) in [5.41, 5.74) is 7.57. The van der Waals surface area contributed by atoms with Crippen molar-refractivity contribution < 1.29 is 9.59 Å². The maximum absolute atomic E-state index is 13.2. The van der Waals surface area contributed by atoms with Gasteiger partial charge in [0.05, 0.1) is 11.4 Å².